The number of likely N-dealkylation sites (tertiary alicyclic amines) is 1. The molecule has 1 fully saturated rings. The summed E-state index contributed by atoms with van der Waals surface area (Å²) in [6, 6.07) is 16.6. The summed E-state index contributed by atoms with van der Waals surface area (Å²) >= 11 is 0. The Bertz CT molecular complexity index is 723. The molecule has 0 bridgehead atoms. The molecule has 1 unspecified atom stereocenters. The maximum absolute atomic E-state index is 10.8. The van der Waals surface area contributed by atoms with Crippen LogP contribution in [0.3, 0.4) is 0 Å². The predicted molar refractivity (Wildman–Crippen MR) is 90.0 cm³/mol. The van der Waals surface area contributed by atoms with Crippen molar-refractivity contribution in [2.24, 2.45) is 0 Å². The number of hydrogen-bond acceptors (Lipinski definition) is 3. The zero-order valence-corrected chi connectivity index (χ0v) is 12.8. The second kappa shape index (κ2) is 7.08. The number of nitrogens with zero attached hydrogens (tertiary/aromatic N) is 2. The molecule has 1 heterocycles. The first kappa shape index (κ1) is 15.3. The number of benzene rings is 2. The van der Waals surface area contributed by atoms with E-state index in [0.29, 0.717) is 0 Å². The van der Waals surface area contributed by atoms with Gasteiger partial charge in [-0.25, -0.2) is 0 Å². The summed E-state index contributed by atoms with van der Waals surface area (Å²) in [6.45, 7) is 2.04. The van der Waals surface area contributed by atoms with Gasteiger partial charge in [-0.05, 0) is 55.8 Å². The van der Waals surface area contributed by atoms with E-state index >= 15 is 0 Å². The lowest BCUT2D eigenvalue weighted by Crippen LogP contribution is -2.24. The first-order valence-corrected chi connectivity index (χ1v) is 7.79. The maximum atomic E-state index is 10.8. The highest BCUT2D eigenvalue weighted by atomic mass is 16.6. The topological polar surface area (TPSA) is 46.4 Å². The molecule has 116 valence electrons. The molecule has 1 atom stereocenters. The van der Waals surface area contributed by atoms with Crippen molar-refractivity contribution in [1.82, 2.24) is 4.90 Å². The van der Waals surface area contributed by atoms with Crippen LogP contribution in [0.15, 0.2) is 54.6 Å². The van der Waals surface area contributed by atoms with Gasteiger partial charge in [0.15, 0.2) is 0 Å². The van der Waals surface area contributed by atoms with Crippen LogP contribution in [0, 0.1) is 22.0 Å². The van der Waals surface area contributed by atoms with E-state index in [0.717, 1.165) is 24.2 Å². The number of hydrogen-bond donors (Lipinski definition) is 0. The van der Waals surface area contributed by atoms with E-state index in [2.05, 4.69) is 16.7 Å². The fraction of sp³-hybridized carbons (Fsp3) is 0.263. The Morgan fingerprint density at radius 2 is 1.65 bits per heavy atom. The van der Waals surface area contributed by atoms with Gasteiger partial charge in [0, 0.05) is 17.7 Å². The van der Waals surface area contributed by atoms with Crippen LogP contribution in [0.2, 0.25) is 0 Å². The van der Waals surface area contributed by atoms with E-state index in [4.69, 9.17) is 0 Å². The molecule has 0 N–H and O–H groups in total. The second-order valence-corrected chi connectivity index (χ2v) is 5.63. The highest BCUT2D eigenvalue weighted by Gasteiger charge is 2.22. The third-order valence-corrected chi connectivity index (χ3v) is 4.05. The number of nitro groups is 1. The summed E-state index contributed by atoms with van der Waals surface area (Å²) in [5.74, 6) is 6.58. The fourth-order valence-corrected chi connectivity index (χ4v) is 2.84. The van der Waals surface area contributed by atoms with E-state index in [-0.39, 0.29) is 16.7 Å². The van der Waals surface area contributed by atoms with Gasteiger partial charge in [-0.2, -0.15) is 0 Å². The minimum atomic E-state index is -0.371. The van der Waals surface area contributed by atoms with Gasteiger partial charge in [-0.3, -0.25) is 15.0 Å². The van der Waals surface area contributed by atoms with Crippen molar-refractivity contribution in [2.45, 2.75) is 18.9 Å². The molecule has 3 rings (SSSR count). The Hall–Kier alpha value is -2.64. The Balaban J connectivity index is 1.89. The SMILES string of the molecule is O=[N+]([O-])c1ccc(C(C#Cc2ccccc2)N2CCCC2)cc1. The van der Waals surface area contributed by atoms with Crippen molar-refractivity contribution in [2.75, 3.05) is 13.1 Å². The minimum absolute atomic E-state index is 0.0153. The number of nitro benzene ring substituents is 1. The molecule has 0 spiro atoms. The molecule has 1 aliphatic rings. The van der Waals surface area contributed by atoms with Crippen molar-refractivity contribution in [3.8, 4) is 11.8 Å². The predicted octanol–water partition coefficient (Wildman–Crippen LogP) is 3.78. The summed E-state index contributed by atoms with van der Waals surface area (Å²) in [7, 11) is 0. The smallest absolute Gasteiger partial charge is 0.269 e. The quantitative estimate of drug-likeness (QED) is 0.492. The molecule has 2 aromatic carbocycles. The number of rotatable bonds is 3. The van der Waals surface area contributed by atoms with Crippen LogP contribution in [-0.4, -0.2) is 22.9 Å². The van der Waals surface area contributed by atoms with Gasteiger partial charge in [-0.15, -0.1) is 0 Å². The summed E-state index contributed by atoms with van der Waals surface area (Å²) in [5.41, 5.74) is 2.12. The molecule has 0 aliphatic carbocycles. The molecule has 2 aromatic rings. The Labute approximate surface area is 135 Å². The summed E-state index contributed by atoms with van der Waals surface area (Å²) in [6.07, 6.45) is 2.35. The molecule has 4 nitrogen and oxygen atoms in total. The van der Waals surface area contributed by atoms with Crippen molar-refractivity contribution >= 4 is 5.69 Å². The van der Waals surface area contributed by atoms with Gasteiger partial charge in [0.1, 0.15) is 0 Å². The first-order valence-electron chi connectivity index (χ1n) is 7.79. The third kappa shape index (κ3) is 3.77. The van der Waals surface area contributed by atoms with Gasteiger partial charge in [0.05, 0.1) is 11.0 Å². The van der Waals surface area contributed by atoms with E-state index < -0.39 is 0 Å². The standard InChI is InChI=1S/C19H18N2O2/c22-21(23)18-11-9-17(10-12-18)19(20-14-4-5-15-20)13-8-16-6-2-1-3-7-16/h1-3,6-7,9-12,19H,4-5,14-15H2. The third-order valence-electron chi connectivity index (χ3n) is 4.05. The van der Waals surface area contributed by atoms with Crippen molar-refractivity contribution in [3.63, 3.8) is 0 Å². The molecule has 1 saturated heterocycles. The molecule has 0 aromatic heterocycles. The van der Waals surface area contributed by atoms with Gasteiger partial charge in [0.2, 0.25) is 0 Å². The maximum Gasteiger partial charge on any atom is 0.269 e. The van der Waals surface area contributed by atoms with E-state index in [1.807, 2.05) is 42.5 Å². The summed E-state index contributed by atoms with van der Waals surface area (Å²) < 4.78 is 0. The van der Waals surface area contributed by atoms with Crippen LogP contribution in [0.1, 0.15) is 30.0 Å². The van der Waals surface area contributed by atoms with Crippen molar-refractivity contribution < 1.29 is 4.92 Å². The van der Waals surface area contributed by atoms with Crippen LogP contribution < -0.4 is 0 Å². The fourth-order valence-electron chi connectivity index (χ4n) is 2.84. The van der Waals surface area contributed by atoms with Gasteiger partial charge >= 0.3 is 0 Å². The molecule has 0 amide bonds. The monoisotopic (exact) mass is 306 g/mol. The minimum Gasteiger partial charge on any atom is -0.286 e. The first-order chi connectivity index (χ1) is 11.2. The van der Waals surface area contributed by atoms with Gasteiger partial charge in [0.25, 0.3) is 5.69 Å². The van der Waals surface area contributed by atoms with Crippen LogP contribution >= 0.6 is 0 Å². The lowest BCUT2D eigenvalue weighted by atomic mass is 10.0. The van der Waals surface area contributed by atoms with E-state index in [1.165, 1.54) is 12.8 Å². The highest BCUT2D eigenvalue weighted by molar-refractivity contribution is 5.40. The van der Waals surface area contributed by atoms with Crippen LogP contribution in [0.25, 0.3) is 0 Å². The van der Waals surface area contributed by atoms with Crippen molar-refractivity contribution in [3.05, 3.63) is 75.8 Å². The largest absolute Gasteiger partial charge is 0.286 e. The number of non-ortho nitro benzene ring substituents is 1. The van der Waals surface area contributed by atoms with E-state index in [1.54, 1.807) is 12.1 Å². The van der Waals surface area contributed by atoms with Gasteiger partial charge < -0.3 is 0 Å². The molecule has 1 aliphatic heterocycles. The average molecular weight is 306 g/mol. The van der Waals surface area contributed by atoms with Crippen LogP contribution in [0.4, 0.5) is 5.69 Å². The molecule has 23 heavy (non-hydrogen) atoms. The normalized spacial score (nSPS) is 15.7. The van der Waals surface area contributed by atoms with Gasteiger partial charge in [-0.1, -0.05) is 30.0 Å². The second-order valence-electron chi connectivity index (χ2n) is 5.63. The lowest BCUT2D eigenvalue weighted by Gasteiger charge is -2.23. The summed E-state index contributed by atoms with van der Waals surface area (Å²) in [4.78, 5) is 12.8. The van der Waals surface area contributed by atoms with Crippen LogP contribution in [-0.2, 0) is 0 Å². The summed E-state index contributed by atoms with van der Waals surface area (Å²) in [5, 5.41) is 10.8. The van der Waals surface area contributed by atoms with E-state index in [9.17, 15) is 10.1 Å². The Morgan fingerprint density at radius 1 is 1.00 bits per heavy atom. The van der Waals surface area contributed by atoms with Crippen molar-refractivity contribution in [1.29, 1.82) is 0 Å². The molecule has 4 heteroatoms. The Morgan fingerprint density at radius 3 is 2.26 bits per heavy atom. The molecular formula is C19H18N2O2. The van der Waals surface area contributed by atoms with Crippen LogP contribution in [0.5, 0.6) is 0 Å². The average Bonchev–Trinajstić information content (AvgIpc) is 3.11. The highest BCUT2D eigenvalue weighted by Crippen LogP contribution is 2.26. The zero-order chi connectivity index (χ0) is 16.1. The lowest BCUT2D eigenvalue weighted by molar-refractivity contribution is -0.384. The zero-order valence-electron chi connectivity index (χ0n) is 12.8. The molecule has 0 saturated carbocycles. The Kier molecular flexibility index (Phi) is 4.70. The molecular weight excluding hydrogens is 288 g/mol. The molecule has 0 radical (unpaired) electrons.